The molecule has 2 aromatic heterocycles. The van der Waals surface area contributed by atoms with Crippen molar-refractivity contribution >= 4 is 11.6 Å². The first-order valence-electron chi connectivity index (χ1n) is 6.89. The van der Waals surface area contributed by atoms with Crippen LogP contribution >= 0.6 is 0 Å². The van der Waals surface area contributed by atoms with Gasteiger partial charge in [-0.05, 0) is 13.8 Å². The first kappa shape index (κ1) is 15.2. The van der Waals surface area contributed by atoms with Gasteiger partial charge < -0.3 is 15.3 Å². The molecule has 0 aliphatic carbocycles. The van der Waals surface area contributed by atoms with Gasteiger partial charge in [0, 0.05) is 18.5 Å². The summed E-state index contributed by atoms with van der Waals surface area (Å²) >= 11 is 0. The lowest BCUT2D eigenvalue weighted by Gasteiger charge is -2.18. The first-order valence-corrected chi connectivity index (χ1v) is 6.89. The standard InChI is InChI=1S/C13H22N8/c1-7(2)10-17-11(8(3)12(18-10)19-14)16-9(4)13-20-15-6-21(13)5/h6-7,9H,14H2,1-5H3,(H2,16,17,18,19). The minimum Gasteiger partial charge on any atom is -0.360 e. The first-order chi connectivity index (χ1) is 9.93. The molecule has 21 heavy (non-hydrogen) atoms. The molecule has 0 bridgehead atoms. The molecule has 0 saturated heterocycles. The normalized spacial score (nSPS) is 12.5. The molecule has 114 valence electrons. The Morgan fingerprint density at radius 2 is 1.86 bits per heavy atom. The minimum atomic E-state index is -0.0308. The largest absolute Gasteiger partial charge is 0.360 e. The molecule has 0 spiro atoms. The predicted octanol–water partition coefficient (Wildman–Crippen LogP) is 1.50. The summed E-state index contributed by atoms with van der Waals surface area (Å²) in [4.78, 5) is 9.00. The van der Waals surface area contributed by atoms with Crippen LogP contribution in [0.4, 0.5) is 11.6 Å². The fraction of sp³-hybridized carbons (Fsp3) is 0.538. The van der Waals surface area contributed by atoms with Crippen LogP contribution in [0.1, 0.15) is 49.9 Å². The van der Waals surface area contributed by atoms with E-state index in [1.54, 1.807) is 6.33 Å². The van der Waals surface area contributed by atoms with Crippen LogP contribution in [0.25, 0.3) is 0 Å². The van der Waals surface area contributed by atoms with E-state index in [-0.39, 0.29) is 12.0 Å². The van der Waals surface area contributed by atoms with Crippen molar-refractivity contribution in [3.05, 3.63) is 23.5 Å². The fourth-order valence-corrected chi connectivity index (χ4v) is 2.03. The van der Waals surface area contributed by atoms with Crippen molar-refractivity contribution in [1.82, 2.24) is 24.7 Å². The van der Waals surface area contributed by atoms with Gasteiger partial charge in [0.2, 0.25) is 0 Å². The van der Waals surface area contributed by atoms with Gasteiger partial charge in [0.25, 0.3) is 0 Å². The van der Waals surface area contributed by atoms with E-state index in [2.05, 4.69) is 30.9 Å². The molecule has 8 heteroatoms. The highest BCUT2D eigenvalue weighted by atomic mass is 15.3. The average Bonchev–Trinajstić information content (AvgIpc) is 2.87. The quantitative estimate of drug-likeness (QED) is 0.565. The van der Waals surface area contributed by atoms with Crippen LogP contribution in [0.3, 0.4) is 0 Å². The van der Waals surface area contributed by atoms with Crippen LogP contribution in [0.2, 0.25) is 0 Å². The van der Waals surface area contributed by atoms with E-state index in [9.17, 15) is 0 Å². The SMILES string of the molecule is Cc1c(NN)nc(C(C)C)nc1NC(C)c1nncn1C. The second kappa shape index (κ2) is 6.04. The summed E-state index contributed by atoms with van der Waals surface area (Å²) < 4.78 is 1.87. The Kier molecular flexibility index (Phi) is 4.37. The molecule has 8 nitrogen and oxygen atoms in total. The molecule has 1 unspecified atom stereocenters. The zero-order chi connectivity index (χ0) is 15.6. The molecule has 0 saturated carbocycles. The van der Waals surface area contributed by atoms with Gasteiger partial charge in [-0.1, -0.05) is 13.8 Å². The Morgan fingerprint density at radius 1 is 1.19 bits per heavy atom. The number of nitrogen functional groups attached to an aromatic ring is 1. The molecule has 0 fully saturated rings. The summed E-state index contributed by atoms with van der Waals surface area (Å²) in [7, 11) is 1.91. The lowest BCUT2D eigenvalue weighted by molar-refractivity contribution is 0.709. The molecule has 0 aliphatic rings. The molecule has 4 N–H and O–H groups in total. The molecule has 0 amide bonds. The van der Waals surface area contributed by atoms with Crippen molar-refractivity contribution in [1.29, 1.82) is 0 Å². The number of hydrogen-bond donors (Lipinski definition) is 3. The van der Waals surface area contributed by atoms with Crippen molar-refractivity contribution in [3.8, 4) is 0 Å². The van der Waals surface area contributed by atoms with Crippen LogP contribution in [0, 0.1) is 6.92 Å². The molecule has 2 aromatic rings. The summed E-state index contributed by atoms with van der Waals surface area (Å²) in [6.07, 6.45) is 1.67. The molecular formula is C13H22N8. The number of hydrogen-bond acceptors (Lipinski definition) is 7. The van der Waals surface area contributed by atoms with Crippen LogP contribution < -0.4 is 16.6 Å². The number of nitrogens with two attached hydrogens (primary N) is 1. The molecule has 0 aromatic carbocycles. The van der Waals surface area contributed by atoms with Crippen LogP contribution in [-0.4, -0.2) is 24.7 Å². The van der Waals surface area contributed by atoms with Crippen molar-refractivity contribution < 1.29 is 0 Å². The van der Waals surface area contributed by atoms with Crippen LogP contribution in [0.15, 0.2) is 6.33 Å². The lowest BCUT2D eigenvalue weighted by Crippen LogP contribution is -2.18. The zero-order valence-electron chi connectivity index (χ0n) is 13.0. The van der Waals surface area contributed by atoms with Crippen molar-refractivity contribution in [2.45, 2.75) is 39.7 Å². The number of hydrazine groups is 1. The smallest absolute Gasteiger partial charge is 0.154 e. The predicted molar refractivity (Wildman–Crippen MR) is 81.7 cm³/mol. The monoisotopic (exact) mass is 290 g/mol. The third-order valence-corrected chi connectivity index (χ3v) is 3.30. The third kappa shape index (κ3) is 3.10. The fourth-order valence-electron chi connectivity index (χ4n) is 2.03. The lowest BCUT2D eigenvalue weighted by atomic mass is 10.2. The Labute approximate surface area is 124 Å². The molecule has 2 rings (SSSR count). The summed E-state index contributed by atoms with van der Waals surface area (Å²) in [5.41, 5.74) is 3.50. The average molecular weight is 290 g/mol. The number of aryl methyl sites for hydroxylation is 1. The van der Waals surface area contributed by atoms with Gasteiger partial charge >= 0.3 is 0 Å². The molecule has 0 radical (unpaired) electrons. The topological polar surface area (TPSA) is 107 Å². The summed E-state index contributed by atoms with van der Waals surface area (Å²) in [5, 5.41) is 11.4. The molecule has 0 aliphatic heterocycles. The Balaban J connectivity index is 2.34. The van der Waals surface area contributed by atoms with Crippen LogP contribution in [0.5, 0.6) is 0 Å². The van der Waals surface area contributed by atoms with E-state index in [1.165, 1.54) is 0 Å². The number of rotatable bonds is 5. The number of aromatic nitrogens is 5. The van der Waals surface area contributed by atoms with Crippen LogP contribution in [-0.2, 0) is 7.05 Å². The zero-order valence-corrected chi connectivity index (χ0v) is 13.0. The second-order valence-corrected chi connectivity index (χ2v) is 5.37. The Hall–Kier alpha value is -2.22. The van der Waals surface area contributed by atoms with E-state index in [4.69, 9.17) is 5.84 Å². The maximum absolute atomic E-state index is 5.54. The summed E-state index contributed by atoms with van der Waals surface area (Å²) in [5.74, 6) is 8.70. The highest BCUT2D eigenvalue weighted by molar-refractivity contribution is 5.57. The highest BCUT2D eigenvalue weighted by Crippen LogP contribution is 2.25. The van der Waals surface area contributed by atoms with Gasteiger partial charge in [0.1, 0.15) is 23.8 Å². The number of nitrogens with zero attached hydrogens (tertiary/aromatic N) is 5. The van der Waals surface area contributed by atoms with E-state index < -0.39 is 0 Å². The van der Waals surface area contributed by atoms with Gasteiger partial charge in [-0.2, -0.15) is 0 Å². The van der Waals surface area contributed by atoms with E-state index in [0.717, 1.165) is 23.0 Å². The number of anilines is 2. The van der Waals surface area contributed by atoms with Crippen molar-refractivity contribution in [2.75, 3.05) is 10.7 Å². The second-order valence-electron chi connectivity index (χ2n) is 5.37. The van der Waals surface area contributed by atoms with Gasteiger partial charge in [0.15, 0.2) is 5.82 Å². The van der Waals surface area contributed by atoms with E-state index >= 15 is 0 Å². The highest BCUT2D eigenvalue weighted by Gasteiger charge is 2.17. The maximum Gasteiger partial charge on any atom is 0.154 e. The maximum atomic E-state index is 5.54. The van der Waals surface area contributed by atoms with Gasteiger partial charge in [-0.25, -0.2) is 15.8 Å². The van der Waals surface area contributed by atoms with Gasteiger partial charge in [0.05, 0.1) is 6.04 Å². The van der Waals surface area contributed by atoms with Crippen molar-refractivity contribution in [2.24, 2.45) is 12.9 Å². The summed E-state index contributed by atoms with van der Waals surface area (Å²) in [6, 6.07) is -0.0308. The van der Waals surface area contributed by atoms with E-state index in [0.29, 0.717) is 5.82 Å². The molecular weight excluding hydrogens is 268 g/mol. The molecule has 2 heterocycles. The third-order valence-electron chi connectivity index (χ3n) is 3.30. The number of nitrogens with one attached hydrogen (secondary N) is 2. The Morgan fingerprint density at radius 3 is 2.38 bits per heavy atom. The summed E-state index contributed by atoms with van der Waals surface area (Å²) in [6.45, 7) is 8.02. The Bertz CT molecular complexity index is 619. The minimum absolute atomic E-state index is 0.0308. The van der Waals surface area contributed by atoms with E-state index in [1.807, 2.05) is 39.3 Å². The van der Waals surface area contributed by atoms with Gasteiger partial charge in [-0.15, -0.1) is 10.2 Å². The van der Waals surface area contributed by atoms with Gasteiger partial charge in [-0.3, -0.25) is 0 Å². The molecule has 1 atom stereocenters. The van der Waals surface area contributed by atoms with Crippen molar-refractivity contribution in [3.63, 3.8) is 0 Å².